The largest absolute Gasteiger partial charge is 0.405 e. The van der Waals surface area contributed by atoms with Gasteiger partial charge in [0.15, 0.2) is 20.0 Å². The molecule has 0 radical (unpaired) electrons. The van der Waals surface area contributed by atoms with Gasteiger partial charge in [0.2, 0.25) is 15.0 Å². The first kappa shape index (κ1) is 24.3. The van der Waals surface area contributed by atoms with E-state index in [4.69, 9.17) is 4.43 Å². The third-order valence-electron chi connectivity index (χ3n) is 4.76. The van der Waals surface area contributed by atoms with Gasteiger partial charge in [-0.15, -0.1) is 0 Å². The summed E-state index contributed by atoms with van der Waals surface area (Å²) < 4.78 is 45.8. The maximum atomic E-state index is 13.3. The average molecular weight is 429 g/mol. The van der Waals surface area contributed by atoms with E-state index < -0.39 is 40.5 Å². The van der Waals surface area contributed by atoms with E-state index in [9.17, 15) is 12.8 Å². The molecule has 10 heteroatoms. The maximum absolute atomic E-state index is 13.3. The lowest BCUT2D eigenvalue weighted by Gasteiger charge is -2.40. The fraction of sp³-hybridized carbons (Fsp3) is 0.556. The van der Waals surface area contributed by atoms with Crippen molar-refractivity contribution in [2.45, 2.75) is 64.1 Å². The van der Waals surface area contributed by atoms with E-state index in [0.29, 0.717) is 0 Å². The predicted octanol–water partition coefficient (Wildman–Crippen LogP) is 4.07. The van der Waals surface area contributed by atoms with E-state index in [2.05, 4.69) is 26.7 Å². The van der Waals surface area contributed by atoms with Crippen molar-refractivity contribution in [2.75, 3.05) is 0 Å². The topological polar surface area (TPSA) is 93.9 Å². The minimum Gasteiger partial charge on any atom is -0.405 e. The number of sulfone groups is 1. The molecular weight excluding hydrogens is 399 g/mol. The van der Waals surface area contributed by atoms with E-state index in [-0.39, 0.29) is 10.9 Å². The van der Waals surface area contributed by atoms with Crippen molar-refractivity contribution in [1.29, 1.82) is 0 Å². The molecule has 0 bridgehead atoms. The van der Waals surface area contributed by atoms with Crippen LogP contribution in [0.5, 0.6) is 0 Å². The fourth-order valence-electron chi connectivity index (χ4n) is 1.99. The molecule has 0 aromatic carbocycles. The summed E-state index contributed by atoms with van der Waals surface area (Å²) in [7, 11) is -6.42. The third kappa shape index (κ3) is 5.61. The van der Waals surface area contributed by atoms with Crippen LogP contribution in [0, 0.1) is 5.82 Å². The standard InChI is InChI=1S/C18H29FN4O3SSi/c1-9-10-21-17(20-6)27(24,25)13(2)15(16-22-11-14(19)12-23-16)26-28(7,8)18(3,4)5/h9-13,15H,6H2,1-5,7-8H3/b10-9-,21-17?/t13-,15?/m0/s1. The Balaban J connectivity index is 3.50. The van der Waals surface area contributed by atoms with Gasteiger partial charge in [0.25, 0.3) is 0 Å². The monoisotopic (exact) mass is 428 g/mol. The Bertz CT molecular complexity index is 847. The van der Waals surface area contributed by atoms with Crippen molar-refractivity contribution < 1.29 is 17.2 Å². The molecule has 0 aliphatic heterocycles. The average Bonchev–Trinajstić information content (AvgIpc) is 2.59. The van der Waals surface area contributed by atoms with Gasteiger partial charge < -0.3 is 4.43 Å². The second-order valence-corrected chi connectivity index (χ2v) is 14.8. The molecule has 2 atom stereocenters. The first-order valence-corrected chi connectivity index (χ1v) is 13.3. The summed E-state index contributed by atoms with van der Waals surface area (Å²) in [5.41, 5.74) is 0. The molecule has 0 amide bonds. The SMILES string of the molecule is C=NC(=N/C=C\C)S(=O)(=O)[C@@H](C)C(O[Si](C)(C)C(C)(C)C)c1ncc(F)cn1. The van der Waals surface area contributed by atoms with E-state index >= 15 is 0 Å². The van der Waals surface area contributed by atoms with Gasteiger partial charge in [-0.2, -0.15) is 0 Å². The Hall–Kier alpha value is -1.78. The van der Waals surface area contributed by atoms with Crippen LogP contribution in [0.2, 0.25) is 18.1 Å². The van der Waals surface area contributed by atoms with Crippen LogP contribution in [-0.2, 0) is 14.3 Å². The van der Waals surface area contributed by atoms with Crippen molar-refractivity contribution in [2.24, 2.45) is 9.98 Å². The van der Waals surface area contributed by atoms with Crippen molar-refractivity contribution in [3.05, 3.63) is 36.3 Å². The van der Waals surface area contributed by atoms with Gasteiger partial charge in [0.05, 0.1) is 17.6 Å². The maximum Gasteiger partial charge on any atom is 0.246 e. The Morgan fingerprint density at radius 2 is 1.86 bits per heavy atom. The molecule has 1 aromatic heterocycles. The van der Waals surface area contributed by atoms with E-state index in [1.807, 2.05) is 33.9 Å². The Kier molecular flexibility index (Phi) is 7.92. The van der Waals surface area contributed by atoms with Crippen LogP contribution in [0.15, 0.2) is 34.7 Å². The summed E-state index contributed by atoms with van der Waals surface area (Å²) in [6.45, 7) is 16.6. The first-order chi connectivity index (χ1) is 12.8. The molecule has 0 N–H and O–H groups in total. The molecule has 0 fully saturated rings. The summed E-state index contributed by atoms with van der Waals surface area (Å²) in [4.78, 5) is 15.4. The molecule has 1 rings (SSSR count). The molecule has 1 heterocycles. The molecule has 0 aliphatic rings. The second-order valence-electron chi connectivity index (χ2n) is 7.86. The fourth-order valence-corrected chi connectivity index (χ4v) is 4.61. The number of amidine groups is 1. The lowest BCUT2D eigenvalue weighted by molar-refractivity contribution is 0.172. The summed E-state index contributed by atoms with van der Waals surface area (Å²) in [5, 5.41) is -1.71. The van der Waals surface area contributed by atoms with E-state index in [1.54, 1.807) is 13.0 Å². The number of hydrogen-bond donors (Lipinski definition) is 0. The second kappa shape index (κ2) is 9.14. The minimum absolute atomic E-state index is 0.0942. The normalized spacial score (nSPS) is 16.2. The smallest absolute Gasteiger partial charge is 0.246 e. The summed E-state index contributed by atoms with van der Waals surface area (Å²) in [6, 6.07) is 0. The summed E-state index contributed by atoms with van der Waals surface area (Å²) in [6.07, 6.45) is 3.88. The quantitative estimate of drug-likeness (QED) is 0.387. The van der Waals surface area contributed by atoms with Crippen molar-refractivity contribution in [1.82, 2.24) is 9.97 Å². The van der Waals surface area contributed by atoms with Crippen LogP contribution < -0.4 is 0 Å². The van der Waals surface area contributed by atoms with Gasteiger partial charge >= 0.3 is 0 Å². The number of halogens is 1. The number of aliphatic imine (C=N–C) groups is 2. The summed E-state index contributed by atoms with van der Waals surface area (Å²) in [5.74, 6) is -0.523. The van der Waals surface area contributed by atoms with Crippen LogP contribution in [0.3, 0.4) is 0 Å². The molecular formula is C18H29FN4O3SSi. The van der Waals surface area contributed by atoms with Crippen LogP contribution >= 0.6 is 0 Å². The third-order valence-corrected chi connectivity index (χ3v) is 11.2. The Morgan fingerprint density at radius 1 is 1.32 bits per heavy atom. The van der Waals surface area contributed by atoms with E-state index in [0.717, 1.165) is 12.4 Å². The van der Waals surface area contributed by atoms with Gasteiger partial charge in [-0.25, -0.2) is 32.8 Å². The van der Waals surface area contributed by atoms with Gasteiger partial charge in [-0.05, 0) is 38.7 Å². The highest BCUT2D eigenvalue weighted by Gasteiger charge is 2.44. The molecule has 0 saturated heterocycles. The van der Waals surface area contributed by atoms with Gasteiger partial charge in [-0.3, -0.25) is 0 Å². The molecule has 1 unspecified atom stereocenters. The van der Waals surface area contributed by atoms with Crippen LogP contribution in [0.1, 0.15) is 46.5 Å². The Morgan fingerprint density at radius 3 is 2.29 bits per heavy atom. The zero-order valence-electron chi connectivity index (χ0n) is 17.5. The molecule has 0 saturated carbocycles. The number of hydrogen-bond acceptors (Lipinski definition) is 6. The number of rotatable bonds is 6. The van der Waals surface area contributed by atoms with Gasteiger partial charge in [0.1, 0.15) is 6.10 Å². The molecule has 0 aliphatic carbocycles. The molecule has 156 valence electrons. The van der Waals surface area contributed by atoms with Gasteiger partial charge in [-0.1, -0.05) is 26.8 Å². The number of nitrogens with zero attached hydrogens (tertiary/aromatic N) is 4. The molecule has 7 nitrogen and oxygen atoms in total. The Labute approximate surface area is 167 Å². The highest BCUT2D eigenvalue weighted by molar-refractivity contribution is 8.06. The molecule has 28 heavy (non-hydrogen) atoms. The lowest BCUT2D eigenvalue weighted by Crippen LogP contribution is -2.45. The predicted molar refractivity (Wildman–Crippen MR) is 113 cm³/mol. The van der Waals surface area contributed by atoms with Crippen molar-refractivity contribution >= 4 is 30.0 Å². The van der Waals surface area contributed by atoms with Crippen LogP contribution in [-0.4, -0.2) is 43.8 Å². The summed E-state index contributed by atoms with van der Waals surface area (Å²) >= 11 is 0. The number of allylic oxidation sites excluding steroid dienone is 1. The van der Waals surface area contributed by atoms with E-state index in [1.165, 1.54) is 13.1 Å². The minimum atomic E-state index is -4.01. The van der Waals surface area contributed by atoms with Crippen LogP contribution in [0.25, 0.3) is 0 Å². The highest BCUT2D eigenvalue weighted by Crippen LogP contribution is 2.41. The van der Waals surface area contributed by atoms with Crippen LogP contribution in [0.4, 0.5) is 4.39 Å². The molecule has 0 spiro atoms. The first-order valence-electron chi connectivity index (χ1n) is 8.82. The molecule has 1 aromatic rings. The van der Waals surface area contributed by atoms with Crippen molar-refractivity contribution in [3.8, 4) is 0 Å². The lowest BCUT2D eigenvalue weighted by atomic mass is 10.2. The van der Waals surface area contributed by atoms with Gasteiger partial charge in [0, 0.05) is 6.20 Å². The number of aromatic nitrogens is 2. The zero-order chi connectivity index (χ0) is 21.8. The van der Waals surface area contributed by atoms with Crippen molar-refractivity contribution in [3.63, 3.8) is 0 Å². The highest BCUT2D eigenvalue weighted by atomic mass is 32.2. The zero-order valence-corrected chi connectivity index (χ0v) is 19.3.